The summed E-state index contributed by atoms with van der Waals surface area (Å²) in [4.78, 5) is 18.1. The van der Waals surface area contributed by atoms with Crippen LogP contribution in [0.4, 0.5) is 0 Å². The average Bonchev–Trinajstić information content (AvgIpc) is 3.11. The summed E-state index contributed by atoms with van der Waals surface area (Å²) >= 11 is 1.49. The minimum Gasteiger partial charge on any atom is -0.316 e. The van der Waals surface area contributed by atoms with E-state index in [4.69, 9.17) is 0 Å². The van der Waals surface area contributed by atoms with Crippen LogP contribution in [-0.2, 0) is 16.6 Å². The number of aryl methyl sites for hydroxylation is 1. The van der Waals surface area contributed by atoms with Crippen LogP contribution in [0.1, 0.15) is 49.9 Å². The van der Waals surface area contributed by atoms with Crippen LogP contribution in [0.5, 0.6) is 0 Å². The van der Waals surface area contributed by atoms with E-state index >= 15 is 0 Å². The first-order chi connectivity index (χ1) is 14.9. The standard InChI is InChI=1S/C23H27N3O3S2/c1-3-15-25-20-9-4-5-10-21(20)30-23(25)24-22(27)18-11-13-19(14-12-18)31(28,29)26-16-7-6-8-17(26)2/h4-5,9-14,17H,3,6-8,15-16H2,1-2H3. The molecule has 0 radical (unpaired) electrons. The molecule has 2 aromatic carbocycles. The number of fused-ring (bicyclic) bond motifs is 1. The minimum absolute atomic E-state index is 0.00275. The van der Waals surface area contributed by atoms with Gasteiger partial charge in [-0.3, -0.25) is 4.79 Å². The lowest BCUT2D eigenvalue weighted by Crippen LogP contribution is -2.41. The highest BCUT2D eigenvalue weighted by Gasteiger charge is 2.30. The van der Waals surface area contributed by atoms with Crippen molar-refractivity contribution in [1.29, 1.82) is 0 Å². The van der Waals surface area contributed by atoms with Crippen molar-refractivity contribution in [3.8, 4) is 0 Å². The van der Waals surface area contributed by atoms with E-state index in [2.05, 4.69) is 16.5 Å². The summed E-state index contributed by atoms with van der Waals surface area (Å²) in [5, 5.41) is 0. The Morgan fingerprint density at radius 3 is 2.58 bits per heavy atom. The summed E-state index contributed by atoms with van der Waals surface area (Å²) in [6.45, 7) is 5.36. The van der Waals surface area contributed by atoms with Gasteiger partial charge in [-0.2, -0.15) is 9.30 Å². The molecule has 3 aromatic rings. The third-order valence-electron chi connectivity index (χ3n) is 5.68. The maximum absolute atomic E-state index is 13.0. The molecule has 4 rings (SSSR count). The lowest BCUT2D eigenvalue weighted by Gasteiger charge is -2.32. The van der Waals surface area contributed by atoms with Gasteiger partial charge in [-0.15, -0.1) is 0 Å². The number of carbonyl (C=O) groups excluding carboxylic acids is 1. The van der Waals surface area contributed by atoms with E-state index in [9.17, 15) is 13.2 Å². The predicted molar refractivity (Wildman–Crippen MR) is 124 cm³/mol. The first-order valence-corrected chi connectivity index (χ1v) is 13.0. The molecule has 1 unspecified atom stereocenters. The van der Waals surface area contributed by atoms with Crippen LogP contribution < -0.4 is 4.80 Å². The maximum Gasteiger partial charge on any atom is 0.279 e. The summed E-state index contributed by atoms with van der Waals surface area (Å²) in [6, 6.07) is 14.2. The van der Waals surface area contributed by atoms with Crippen LogP contribution >= 0.6 is 11.3 Å². The lowest BCUT2D eigenvalue weighted by molar-refractivity contribution is 0.0997. The number of hydrogen-bond donors (Lipinski definition) is 0. The third-order valence-corrected chi connectivity index (χ3v) is 8.77. The van der Waals surface area contributed by atoms with Gasteiger partial charge in [0, 0.05) is 24.7 Å². The van der Waals surface area contributed by atoms with Crippen LogP contribution in [-0.4, -0.2) is 35.8 Å². The number of benzene rings is 2. The van der Waals surface area contributed by atoms with Crippen molar-refractivity contribution in [1.82, 2.24) is 8.87 Å². The SMILES string of the molecule is CCCn1c(=NC(=O)c2ccc(S(=O)(=O)N3CCCCC3C)cc2)sc2ccccc21. The highest BCUT2D eigenvalue weighted by atomic mass is 32.2. The topological polar surface area (TPSA) is 71.7 Å². The molecule has 8 heteroatoms. The maximum atomic E-state index is 13.0. The van der Waals surface area contributed by atoms with Crippen molar-refractivity contribution in [2.45, 2.75) is 57.0 Å². The summed E-state index contributed by atoms with van der Waals surface area (Å²) in [7, 11) is -3.55. The molecule has 0 saturated carbocycles. The number of sulfonamides is 1. The molecule has 0 spiro atoms. The fourth-order valence-electron chi connectivity index (χ4n) is 4.03. The van der Waals surface area contributed by atoms with Gasteiger partial charge in [-0.05, 0) is 62.6 Å². The molecule has 1 amide bonds. The van der Waals surface area contributed by atoms with E-state index < -0.39 is 10.0 Å². The number of rotatable bonds is 5. The second kappa shape index (κ2) is 9.06. The highest BCUT2D eigenvalue weighted by molar-refractivity contribution is 7.89. The first-order valence-electron chi connectivity index (χ1n) is 10.7. The molecule has 1 aliphatic rings. The molecule has 0 bridgehead atoms. The zero-order valence-corrected chi connectivity index (χ0v) is 19.5. The van der Waals surface area contributed by atoms with Crippen LogP contribution in [0.25, 0.3) is 10.2 Å². The van der Waals surface area contributed by atoms with Crippen LogP contribution in [0, 0.1) is 0 Å². The second-order valence-electron chi connectivity index (χ2n) is 7.91. The summed E-state index contributed by atoms with van der Waals surface area (Å²) in [6.07, 6.45) is 3.75. The summed E-state index contributed by atoms with van der Waals surface area (Å²) < 4.78 is 30.7. The molecule has 1 saturated heterocycles. The smallest absolute Gasteiger partial charge is 0.279 e. The van der Waals surface area contributed by atoms with Crippen molar-refractivity contribution >= 4 is 37.5 Å². The Balaban J connectivity index is 1.64. The minimum atomic E-state index is -3.55. The van der Waals surface area contributed by atoms with Crippen molar-refractivity contribution in [2.24, 2.45) is 4.99 Å². The number of piperidine rings is 1. The number of carbonyl (C=O) groups is 1. The summed E-state index contributed by atoms with van der Waals surface area (Å²) in [5.41, 5.74) is 1.45. The molecule has 0 N–H and O–H groups in total. The monoisotopic (exact) mass is 457 g/mol. The Bertz CT molecular complexity index is 1260. The third kappa shape index (κ3) is 4.37. The average molecular weight is 458 g/mol. The van der Waals surface area contributed by atoms with Gasteiger partial charge in [-0.1, -0.05) is 36.8 Å². The van der Waals surface area contributed by atoms with Gasteiger partial charge >= 0.3 is 0 Å². The highest BCUT2D eigenvalue weighted by Crippen LogP contribution is 2.25. The molecular formula is C23H27N3O3S2. The van der Waals surface area contributed by atoms with Gasteiger partial charge in [0.05, 0.1) is 15.1 Å². The fraction of sp³-hybridized carbons (Fsp3) is 0.391. The number of thiazole rings is 1. The number of para-hydroxylation sites is 1. The number of aromatic nitrogens is 1. The largest absolute Gasteiger partial charge is 0.316 e. The van der Waals surface area contributed by atoms with Crippen LogP contribution in [0.3, 0.4) is 0 Å². The van der Waals surface area contributed by atoms with Gasteiger partial charge in [0.2, 0.25) is 10.0 Å². The van der Waals surface area contributed by atoms with Gasteiger partial charge < -0.3 is 4.57 Å². The van der Waals surface area contributed by atoms with Crippen LogP contribution in [0.2, 0.25) is 0 Å². The molecule has 1 aromatic heterocycles. The van der Waals surface area contributed by atoms with Gasteiger partial charge in [-0.25, -0.2) is 8.42 Å². The van der Waals surface area contributed by atoms with Crippen LogP contribution in [0.15, 0.2) is 58.4 Å². The van der Waals surface area contributed by atoms with E-state index in [-0.39, 0.29) is 16.8 Å². The van der Waals surface area contributed by atoms with E-state index in [1.54, 1.807) is 16.4 Å². The van der Waals surface area contributed by atoms with E-state index in [0.29, 0.717) is 16.9 Å². The van der Waals surface area contributed by atoms with Gasteiger partial charge in [0.15, 0.2) is 4.80 Å². The Kier molecular flexibility index (Phi) is 6.41. The van der Waals surface area contributed by atoms with Crippen molar-refractivity contribution < 1.29 is 13.2 Å². The fourth-order valence-corrected chi connectivity index (χ4v) is 6.78. The van der Waals surface area contributed by atoms with Gasteiger partial charge in [0.25, 0.3) is 5.91 Å². The summed E-state index contributed by atoms with van der Waals surface area (Å²) in [5.74, 6) is -0.369. The van der Waals surface area contributed by atoms with Gasteiger partial charge in [0.1, 0.15) is 0 Å². The Hall–Kier alpha value is -2.29. The molecule has 2 heterocycles. The number of amides is 1. The molecular weight excluding hydrogens is 430 g/mol. The molecule has 0 aliphatic carbocycles. The zero-order chi connectivity index (χ0) is 22.0. The van der Waals surface area contributed by atoms with E-state index in [0.717, 1.165) is 42.4 Å². The van der Waals surface area contributed by atoms with E-state index in [1.165, 1.54) is 23.5 Å². The first kappa shape index (κ1) is 21.9. The molecule has 1 atom stereocenters. The Morgan fingerprint density at radius 2 is 1.87 bits per heavy atom. The zero-order valence-electron chi connectivity index (χ0n) is 17.8. The van der Waals surface area contributed by atoms with Crippen molar-refractivity contribution in [3.63, 3.8) is 0 Å². The molecule has 164 valence electrons. The van der Waals surface area contributed by atoms with Crippen molar-refractivity contribution in [3.05, 3.63) is 58.9 Å². The normalized spacial score (nSPS) is 18.5. The molecule has 6 nitrogen and oxygen atoms in total. The molecule has 1 fully saturated rings. The quantitative estimate of drug-likeness (QED) is 0.569. The number of nitrogens with zero attached hydrogens (tertiary/aromatic N) is 3. The Labute approximate surface area is 186 Å². The number of hydrogen-bond acceptors (Lipinski definition) is 4. The predicted octanol–water partition coefficient (Wildman–Crippen LogP) is 4.42. The molecule has 1 aliphatic heterocycles. The Morgan fingerprint density at radius 1 is 1.13 bits per heavy atom. The second-order valence-corrected chi connectivity index (χ2v) is 10.8. The van der Waals surface area contributed by atoms with E-state index in [1.807, 2.05) is 31.2 Å². The molecule has 31 heavy (non-hydrogen) atoms. The lowest BCUT2D eigenvalue weighted by atomic mass is 10.1. The van der Waals surface area contributed by atoms with Crippen molar-refractivity contribution in [2.75, 3.05) is 6.54 Å².